The van der Waals surface area contributed by atoms with Crippen LogP contribution in [0.3, 0.4) is 0 Å². The fourth-order valence-electron chi connectivity index (χ4n) is 2.59. The van der Waals surface area contributed by atoms with Gasteiger partial charge in [-0.2, -0.15) is 0 Å². The molecule has 2 rings (SSSR count). The Morgan fingerprint density at radius 2 is 1.43 bits per heavy atom. The Bertz CT molecular complexity index is 529. The van der Waals surface area contributed by atoms with Crippen molar-refractivity contribution < 1.29 is 4.79 Å². The highest BCUT2D eigenvalue weighted by Gasteiger charge is 2.15. The minimum absolute atomic E-state index is 0.112. The summed E-state index contributed by atoms with van der Waals surface area (Å²) in [4.78, 5) is 12.2. The first kappa shape index (κ1) is 17.1. The van der Waals surface area contributed by atoms with Gasteiger partial charge in [-0.25, -0.2) is 4.79 Å². The number of carbonyl (C=O) groups is 1. The zero-order chi connectivity index (χ0) is 16.3. The van der Waals surface area contributed by atoms with Crippen molar-refractivity contribution in [2.45, 2.75) is 38.6 Å². The lowest BCUT2D eigenvalue weighted by Gasteiger charge is -2.20. The van der Waals surface area contributed by atoms with E-state index < -0.39 is 0 Å². The summed E-state index contributed by atoms with van der Waals surface area (Å²) in [5, 5.41) is 6.05. The Balaban J connectivity index is 1.97. The van der Waals surface area contributed by atoms with Crippen LogP contribution in [0.25, 0.3) is 0 Å². The molecule has 2 aromatic carbocycles. The normalized spacial score (nSPS) is 10.5. The van der Waals surface area contributed by atoms with E-state index in [0.717, 1.165) is 30.5 Å². The quantitative estimate of drug-likeness (QED) is 0.684. The fraction of sp³-hybridized carbons (Fsp3) is 0.350. The topological polar surface area (TPSA) is 41.1 Å². The van der Waals surface area contributed by atoms with E-state index in [4.69, 9.17) is 0 Å². The van der Waals surface area contributed by atoms with E-state index in [0.29, 0.717) is 0 Å². The number of unbranched alkanes of at least 4 members (excludes halogenated alkanes) is 3. The van der Waals surface area contributed by atoms with E-state index in [1.54, 1.807) is 0 Å². The van der Waals surface area contributed by atoms with Gasteiger partial charge in [-0.05, 0) is 17.5 Å². The van der Waals surface area contributed by atoms with Crippen LogP contribution in [-0.4, -0.2) is 12.6 Å². The Morgan fingerprint density at radius 1 is 0.870 bits per heavy atom. The predicted octanol–water partition coefficient (Wildman–Crippen LogP) is 4.66. The van der Waals surface area contributed by atoms with Crippen molar-refractivity contribution in [2.75, 3.05) is 6.54 Å². The van der Waals surface area contributed by atoms with E-state index in [-0.39, 0.29) is 12.1 Å². The zero-order valence-corrected chi connectivity index (χ0v) is 13.8. The van der Waals surface area contributed by atoms with Crippen LogP contribution in [0, 0.1) is 0 Å². The zero-order valence-electron chi connectivity index (χ0n) is 13.8. The van der Waals surface area contributed by atoms with Crippen molar-refractivity contribution in [3.05, 3.63) is 71.8 Å². The minimum Gasteiger partial charge on any atom is -0.338 e. The summed E-state index contributed by atoms with van der Waals surface area (Å²) in [6.07, 6.45) is 4.62. The Labute approximate surface area is 139 Å². The first-order valence-corrected chi connectivity index (χ1v) is 8.45. The maximum Gasteiger partial charge on any atom is 0.315 e. The summed E-state index contributed by atoms with van der Waals surface area (Å²) in [7, 11) is 0. The number of hydrogen-bond donors (Lipinski definition) is 2. The SMILES string of the molecule is CCCCCCNC(=O)NC(c1ccccc1)c1ccccc1. The van der Waals surface area contributed by atoms with Crippen molar-refractivity contribution in [3.63, 3.8) is 0 Å². The van der Waals surface area contributed by atoms with Crippen molar-refractivity contribution in [1.82, 2.24) is 10.6 Å². The van der Waals surface area contributed by atoms with Crippen LogP contribution in [0.5, 0.6) is 0 Å². The molecule has 0 unspecified atom stereocenters. The molecule has 3 nitrogen and oxygen atoms in total. The van der Waals surface area contributed by atoms with E-state index in [1.807, 2.05) is 60.7 Å². The number of hydrogen-bond acceptors (Lipinski definition) is 1. The second-order valence-corrected chi connectivity index (χ2v) is 5.72. The molecule has 0 fully saturated rings. The first-order chi connectivity index (χ1) is 11.3. The van der Waals surface area contributed by atoms with E-state index >= 15 is 0 Å². The molecule has 2 amide bonds. The summed E-state index contributed by atoms with van der Waals surface area (Å²) in [6, 6.07) is 19.9. The van der Waals surface area contributed by atoms with Gasteiger partial charge in [-0.15, -0.1) is 0 Å². The summed E-state index contributed by atoms with van der Waals surface area (Å²) in [5.41, 5.74) is 2.17. The third-order valence-electron chi connectivity index (χ3n) is 3.86. The van der Waals surface area contributed by atoms with Crippen molar-refractivity contribution in [2.24, 2.45) is 0 Å². The van der Waals surface area contributed by atoms with Crippen LogP contribution in [0.2, 0.25) is 0 Å². The molecule has 2 aromatic rings. The minimum atomic E-state index is -0.131. The average Bonchev–Trinajstić information content (AvgIpc) is 2.61. The molecule has 122 valence electrons. The fourth-order valence-corrected chi connectivity index (χ4v) is 2.59. The summed E-state index contributed by atoms with van der Waals surface area (Å²) in [6.45, 7) is 2.91. The van der Waals surface area contributed by atoms with E-state index in [1.165, 1.54) is 12.8 Å². The van der Waals surface area contributed by atoms with Gasteiger partial charge in [0.05, 0.1) is 6.04 Å². The summed E-state index contributed by atoms with van der Waals surface area (Å²) < 4.78 is 0. The molecule has 0 aromatic heterocycles. The van der Waals surface area contributed by atoms with Crippen molar-refractivity contribution in [3.8, 4) is 0 Å². The van der Waals surface area contributed by atoms with Crippen LogP contribution >= 0.6 is 0 Å². The van der Waals surface area contributed by atoms with Gasteiger partial charge < -0.3 is 10.6 Å². The number of benzene rings is 2. The molecule has 0 spiro atoms. The molecule has 2 N–H and O–H groups in total. The van der Waals surface area contributed by atoms with Crippen LogP contribution in [0.4, 0.5) is 4.79 Å². The van der Waals surface area contributed by atoms with Crippen molar-refractivity contribution >= 4 is 6.03 Å². The summed E-state index contributed by atoms with van der Waals surface area (Å²) in [5.74, 6) is 0. The Kier molecular flexibility index (Phi) is 7.18. The molecule has 0 saturated heterocycles. The monoisotopic (exact) mass is 310 g/mol. The van der Waals surface area contributed by atoms with Gasteiger partial charge in [0.2, 0.25) is 0 Å². The summed E-state index contributed by atoms with van der Waals surface area (Å²) >= 11 is 0. The maximum atomic E-state index is 12.2. The third-order valence-corrected chi connectivity index (χ3v) is 3.86. The number of rotatable bonds is 8. The number of amides is 2. The molecule has 0 bridgehead atoms. The molecule has 0 saturated carbocycles. The molecule has 0 aliphatic carbocycles. The van der Waals surface area contributed by atoms with Crippen LogP contribution in [0.15, 0.2) is 60.7 Å². The van der Waals surface area contributed by atoms with Crippen molar-refractivity contribution in [1.29, 1.82) is 0 Å². The average molecular weight is 310 g/mol. The number of urea groups is 1. The van der Waals surface area contributed by atoms with Gasteiger partial charge in [0.25, 0.3) is 0 Å². The Morgan fingerprint density at radius 3 is 1.96 bits per heavy atom. The molecule has 0 radical (unpaired) electrons. The highest BCUT2D eigenvalue weighted by Crippen LogP contribution is 2.21. The lowest BCUT2D eigenvalue weighted by atomic mass is 9.99. The molecule has 0 atom stereocenters. The van der Waals surface area contributed by atoms with Gasteiger partial charge in [0, 0.05) is 6.54 Å². The van der Waals surface area contributed by atoms with Gasteiger partial charge in [0.1, 0.15) is 0 Å². The predicted molar refractivity (Wildman–Crippen MR) is 95.4 cm³/mol. The molecule has 0 aliphatic rings. The second-order valence-electron chi connectivity index (χ2n) is 5.72. The number of carbonyl (C=O) groups excluding carboxylic acids is 1. The third kappa shape index (κ3) is 5.78. The molecule has 0 aliphatic heterocycles. The molecule has 3 heteroatoms. The van der Waals surface area contributed by atoms with Gasteiger partial charge in [-0.1, -0.05) is 86.8 Å². The lowest BCUT2D eigenvalue weighted by molar-refractivity contribution is 0.238. The molecule has 23 heavy (non-hydrogen) atoms. The maximum absolute atomic E-state index is 12.2. The van der Waals surface area contributed by atoms with Gasteiger partial charge >= 0.3 is 6.03 Å². The second kappa shape index (κ2) is 9.67. The Hall–Kier alpha value is -2.29. The molecular weight excluding hydrogens is 284 g/mol. The molecule has 0 heterocycles. The van der Waals surface area contributed by atoms with Gasteiger partial charge in [-0.3, -0.25) is 0 Å². The van der Waals surface area contributed by atoms with Crippen LogP contribution in [-0.2, 0) is 0 Å². The van der Waals surface area contributed by atoms with Crippen LogP contribution < -0.4 is 10.6 Å². The molecular formula is C20H26N2O. The highest BCUT2D eigenvalue weighted by molar-refractivity contribution is 5.75. The van der Waals surface area contributed by atoms with Crippen LogP contribution in [0.1, 0.15) is 49.8 Å². The highest BCUT2D eigenvalue weighted by atomic mass is 16.2. The lowest BCUT2D eigenvalue weighted by Crippen LogP contribution is -2.38. The standard InChI is InChI=1S/C20H26N2O/c1-2-3-4-11-16-21-20(23)22-19(17-12-7-5-8-13-17)18-14-9-6-10-15-18/h5-10,12-15,19H,2-4,11,16H2,1H3,(H2,21,22,23). The largest absolute Gasteiger partial charge is 0.338 e. The first-order valence-electron chi connectivity index (χ1n) is 8.45. The smallest absolute Gasteiger partial charge is 0.315 e. The number of nitrogens with one attached hydrogen (secondary N) is 2. The van der Waals surface area contributed by atoms with E-state index in [2.05, 4.69) is 17.6 Å². The van der Waals surface area contributed by atoms with E-state index in [9.17, 15) is 4.79 Å². The van der Waals surface area contributed by atoms with Gasteiger partial charge in [0.15, 0.2) is 0 Å².